The van der Waals surface area contributed by atoms with Crippen molar-refractivity contribution in [1.29, 1.82) is 0 Å². The summed E-state index contributed by atoms with van der Waals surface area (Å²) in [5.74, 6) is -1.78. The standard InChI is InChI=1S/C22H26O12/c23-7-12-14(26)15(27)16(28)21(31-12)33-20-13-11(5-6-30-20)17(18-22(13,8-24)34-18)32-19(29)9-1-3-10(25)4-2-9/h1-6,11-18,20-21,23-28H,7-8H2/t11-,12+,13-,14-,15-,16-,17-,18-,20-,21-,22-/m1/s1. The zero-order valence-electron chi connectivity index (χ0n) is 17.8. The van der Waals surface area contributed by atoms with Crippen LogP contribution in [0.25, 0.3) is 0 Å². The molecular weight excluding hydrogens is 456 g/mol. The molecule has 34 heavy (non-hydrogen) atoms. The number of hydrogen-bond acceptors (Lipinski definition) is 12. The lowest BCUT2D eigenvalue weighted by Crippen LogP contribution is -2.60. The molecule has 4 aliphatic rings. The average molecular weight is 482 g/mol. The maximum atomic E-state index is 12.7. The molecule has 1 saturated carbocycles. The molecule has 0 aromatic heterocycles. The number of carbonyl (C=O) groups excluding carboxylic acids is 1. The van der Waals surface area contributed by atoms with Gasteiger partial charge in [0.05, 0.1) is 31.0 Å². The molecule has 3 heterocycles. The molecule has 5 rings (SSSR count). The van der Waals surface area contributed by atoms with Gasteiger partial charge in [-0.3, -0.25) is 0 Å². The lowest BCUT2D eigenvalue weighted by molar-refractivity contribution is -0.344. The van der Waals surface area contributed by atoms with Crippen LogP contribution in [0.15, 0.2) is 36.6 Å². The van der Waals surface area contributed by atoms with Gasteiger partial charge < -0.3 is 54.3 Å². The molecule has 0 spiro atoms. The Morgan fingerprint density at radius 3 is 2.44 bits per heavy atom. The van der Waals surface area contributed by atoms with Gasteiger partial charge in [-0.15, -0.1) is 0 Å². The highest BCUT2D eigenvalue weighted by Crippen LogP contribution is 2.60. The molecule has 0 radical (unpaired) electrons. The molecule has 11 atom stereocenters. The first-order valence-corrected chi connectivity index (χ1v) is 10.9. The van der Waals surface area contributed by atoms with E-state index in [-0.39, 0.29) is 11.3 Å². The maximum Gasteiger partial charge on any atom is 0.338 e. The van der Waals surface area contributed by atoms with E-state index >= 15 is 0 Å². The minimum atomic E-state index is -1.64. The largest absolute Gasteiger partial charge is 0.508 e. The third kappa shape index (κ3) is 3.67. The Kier molecular flexibility index (Phi) is 6.02. The first-order chi connectivity index (χ1) is 16.3. The van der Waals surface area contributed by atoms with Crippen LogP contribution in [0.5, 0.6) is 5.75 Å². The van der Waals surface area contributed by atoms with E-state index in [4.69, 9.17) is 23.7 Å². The summed E-state index contributed by atoms with van der Waals surface area (Å²) in [7, 11) is 0. The molecule has 186 valence electrons. The van der Waals surface area contributed by atoms with Crippen LogP contribution in [0.3, 0.4) is 0 Å². The highest BCUT2D eigenvalue weighted by molar-refractivity contribution is 5.89. The highest BCUT2D eigenvalue weighted by Gasteiger charge is 2.77. The van der Waals surface area contributed by atoms with Gasteiger partial charge in [0.1, 0.15) is 48.0 Å². The van der Waals surface area contributed by atoms with Gasteiger partial charge in [0.25, 0.3) is 0 Å². The van der Waals surface area contributed by atoms with E-state index in [1.54, 1.807) is 6.08 Å². The number of epoxide rings is 1. The first kappa shape index (κ1) is 23.5. The lowest BCUT2D eigenvalue weighted by atomic mass is 9.85. The zero-order valence-corrected chi connectivity index (χ0v) is 17.8. The van der Waals surface area contributed by atoms with Crippen molar-refractivity contribution in [3.8, 4) is 5.75 Å². The molecule has 1 aromatic rings. The van der Waals surface area contributed by atoms with Gasteiger partial charge in [0, 0.05) is 5.92 Å². The van der Waals surface area contributed by atoms with Gasteiger partial charge in [-0.1, -0.05) is 0 Å². The van der Waals surface area contributed by atoms with Gasteiger partial charge in [-0.2, -0.15) is 0 Å². The molecule has 0 bridgehead atoms. The Hall–Kier alpha value is -2.29. The Labute approximate surface area is 193 Å². The summed E-state index contributed by atoms with van der Waals surface area (Å²) in [5, 5.41) is 59.3. The van der Waals surface area contributed by atoms with Gasteiger partial charge in [0.15, 0.2) is 6.29 Å². The molecule has 1 aliphatic carbocycles. The molecule has 6 N–H and O–H groups in total. The van der Waals surface area contributed by atoms with E-state index in [0.29, 0.717) is 0 Å². The van der Waals surface area contributed by atoms with Crippen molar-refractivity contribution in [2.24, 2.45) is 11.8 Å². The number of fused-ring (bicyclic) bond motifs is 3. The zero-order chi connectivity index (χ0) is 24.2. The predicted molar refractivity (Wildman–Crippen MR) is 108 cm³/mol. The van der Waals surface area contributed by atoms with Crippen molar-refractivity contribution in [2.45, 2.75) is 54.8 Å². The molecule has 3 fully saturated rings. The number of phenols is 1. The normalized spacial score (nSPS) is 44.6. The SMILES string of the molecule is O=C(O[C@@H]1[C@@H]2C=CO[C@H](O[C@H]3O[C@@H](CO)[C@@H](O)[C@@H](O)[C@H]3O)[C@@H]2[C@@]2(CO)O[C@H]12)c1ccc(O)cc1. The second-order valence-corrected chi connectivity index (χ2v) is 8.84. The maximum absolute atomic E-state index is 12.7. The molecular formula is C22H26O12. The fourth-order valence-corrected chi connectivity index (χ4v) is 5.08. The number of aliphatic hydroxyl groups is 5. The summed E-state index contributed by atoms with van der Waals surface area (Å²) in [6.07, 6.45) is -6.99. The van der Waals surface area contributed by atoms with Crippen molar-refractivity contribution >= 4 is 5.97 Å². The molecule has 2 saturated heterocycles. The smallest absolute Gasteiger partial charge is 0.338 e. The Morgan fingerprint density at radius 2 is 1.76 bits per heavy atom. The molecule has 0 unspecified atom stereocenters. The first-order valence-electron chi connectivity index (χ1n) is 10.9. The van der Waals surface area contributed by atoms with Crippen LogP contribution in [-0.2, 0) is 23.7 Å². The minimum Gasteiger partial charge on any atom is -0.508 e. The summed E-state index contributed by atoms with van der Waals surface area (Å²) < 4.78 is 28.3. The van der Waals surface area contributed by atoms with Crippen LogP contribution in [-0.4, -0.2) is 105 Å². The van der Waals surface area contributed by atoms with E-state index < -0.39 is 85.8 Å². The molecule has 1 aromatic carbocycles. The summed E-state index contributed by atoms with van der Waals surface area (Å²) in [6, 6.07) is 5.56. The average Bonchev–Trinajstić information content (AvgIpc) is 3.52. The van der Waals surface area contributed by atoms with Crippen molar-refractivity contribution in [3.63, 3.8) is 0 Å². The summed E-state index contributed by atoms with van der Waals surface area (Å²) >= 11 is 0. The summed E-state index contributed by atoms with van der Waals surface area (Å²) in [5.41, 5.74) is -0.907. The topological polar surface area (TPSA) is 188 Å². The Morgan fingerprint density at radius 1 is 1.03 bits per heavy atom. The molecule has 3 aliphatic heterocycles. The number of hydrogen-bond donors (Lipinski definition) is 6. The lowest BCUT2D eigenvalue weighted by Gasteiger charge is -2.43. The van der Waals surface area contributed by atoms with Crippen molar-refractivity contribution in [3.05, 3.63) is 42.2 Å². The van der Waals surface area contributed by atoms with Gasteiger partial charge in [0.2, 0.25) is 6.29 Å². The fourth-order valence-electron chi connectivity index (χ4n) is 5.08. The van der Waals surface area contributed by atoms with Crippen LogP contribution in [0.2, 0.25) is 0 Å². The van der Waals surface area contributed by atoms with Gasteiger partial charge in [-0.05, 0) is 30.3 Å². The van der Waals surface area contributed by atoms with E-state index in [1.807, 2.05) is 0 Å². The van der Waals surface area contributed by atoms with Crippen molar-refractivity contribution in [1.82, 2.24) is 0 Å². The number of benzene rings is 1. The van der Waals surface area contributed by atoms with Crippen LogP contribution in [0, 0.1) is 11.8 Å². The molecule has 12 heteroatoms. The second-order valence-electron chi connectivity index (χ2n) is 8.84. The Balaban J connectivity index is 1.34. The van der Waals surface area contributed by atoms with Gasteiger partial charge >= 0.3 is 5.97 Å². The van der Waals surface area contributed by atoms with Crippen LogP contribution in [0.1, 0.15) is 10.4 Å². The van der Waals surface area contributed by atoms with Crippen molar-refractivity contribution in [2.75, 3.05) is 13.2 Å². The number of rotatable bonds is 6. The van der Waals surface area contributed by atoms with E-state index in [2.05, 4.69) is 0 Å². The fraction of sp³-hybridized carbons (Fsp3) is 0.591. The minimum absolute atomic E-state index is 0.00264. The Bertz CT molecular complexity index is 934. The molecule has 0 amide bonds. The summed E-state index contributed by atoms with van der Waals surface area (Å²) in [6.45, 7) is -1.04. The third-order valence-electron chi connectivity index (χ3n) is 6.94. The second kappa shape index (κ2) is 8.73. The molecule has 12 nitrogen and oxygen atoms in total. The monoisotopic (exact) mass is 482 g/mol. The summed E-state index contributed by atoms with van der Waals surface area (Å²) in [4.78, 5) is 12.7. The van der Waals surface area contributed by atoms with E-state index in [0.717, 1.165) is 0 Å². The number of ether oxygens (including phenoxy) is 5. The number of esters is 1. The van der Waals surface area contributed by atoms with Crippen LogP contribution >= 0.6 is 0 Å². The predicted octanol–water partition coefficient (Wildman–Crippen LogP) is -2.02. The quantitative estimate of drug-likeness (QED) is 0.193. The number of aliphatic hydroxyl groups excluding tert-OH is 5. The van der Waals surface area contributed by atoms with Crippen molar-refractivity contribution < 1.29 is 59.1 Å². The highest BCUT2D eigenvalue weighted by atomic mass is 16.8. The van der Waals surface area contributed by atoms with E-state index in [9.17, 15) is 35.4 Å². The van der Waals surface area contributed by atoms with Gasteiger partial charge in [-0.25, -0.2) is 4.79 Å². The number of aromatic hydroxyl groups is 1. The van der Waals surface area contributed by atoms with Crippen LogP contribution < -0.4 is 0 Å². The number of carbonyl (C=O) groups is 1. The van der Waals surface area contributed by atoms with E-state index in [1.165, 1.54) is 30.5 Å². The van der Waals surface area contributed by atoms with Crippen LogP contribution in [0.4, 0.5) is 0 Å². The third-order valence-corrected chi connectivity index (χ3v) is 6.94. The number of phenolic OH excluding ortho intramolecular Hbond substituents is 1.